The summed E-state index contributed by atoms with van der Waals surface area (Å²) in [4.78, 5) is 14.6. The average Bonchev–Trinajstić information content (AvgIpc) is 1.76. The zero-order chi connectivity index (χ0) is 105. The highest BCUT2D eigenvalue weighted by molar-refractivity contribution is 7.17. The van der Waals surface area contributed by atoms with Crippen molar-refractivity contribution < 1.29 is 42.0 Å². The van der Waals surface area contributed by atoms with Gasteiger partial charge in [-0.1, -0.05) is 429 Å². The molecule has 0 saturated carbocycles. The Kier molecular flexibility index (Phi) is 123. The Morgan fingerprint density at radius 2 is 0.674 bits per heavy atom. The topological polar surface area (TPSA) is 138 Å². The number of hydrogen-bond donors (Lipinski definition) is 0. The van der Waals surface area contributed by atoms with Gasteiger partial charge in [-0.3, -0.25) is 0 Å². The van der Waals surface area contributed by atoms with Gasteiger partial charge < -0.3 is 51.5 Å². The Morgan fingerprint density at radius 3 is 1.15 bits per heavy atom. The maximum absolute atomic E-state index is 5.30. The highest BCUT2D eigenvalue weighted by atomic mass is 32.1. The largest absolute Gasteiger partial charge is 0.493 e. The molecule has 0 amide bonds. The summed E-state index contributed by atoms with van der Waals surface area (Å²) in [5.74, 6) is 5.42. The number of furan rings is 1. The van der Waals surface area contributed by atoms with Gasteiger partial charge in [-0.2, -0.15) is 0 Å². The molecule has 0 radical (unpaired) electrons. The standard InChI is InChI=1S/C10H13N.C8H8N2.2C8H8O2.C8H8O.C8H6O.C8H6S.C7H5NO.C7H5NS.C7H6O2.20C2H6/c1-11-8-4-6-9-5-2-3-7-10(9)11;1-10-6-9-7-4-2-3-5-8(7)10;1-2-4-8-7(3-1)5-9-6-10-8;1-2-4-8-7(3-1)9-5-6-10-8;3*1-2-4-8-7(3-1)5-6-9-8;3*1-2-4-7-6(3-1)8-5-9-7;20*1-2/h2-3,5,7H,4,6,8H2,1H3;2-6H,1H3;2*1-4H,5-6H2;1-4H,5-6H2;2*1-6H;2*1-5H;1-4H,5H2;20*1-2H3. The molecule has 20 rings (SSSR count). The van der Waals surface area contributed by atoms with Crippen molar-refractivity contribution >= 4 is 81.8 Å². The predicted octanol–water partition coefficient (Wildman–Crippen LogP) is 39.7. The summed E-state index contributed by atoms with van der Waals surface area (Å²) >= 11 is 3.46. The van der Waals surface area contributed by atoms with E-state index < -0.39 is 0 Å². The van der Waals surface area contributed by atoms with Crippen molar-refractivity contribution in [2.45, 2.75) is 303 Å². The SMILES string of the molecule is CC.CC.CC.CC.CC.CC.CC.CC.CC.CC.CC.CC.CC.CC.CC.CC.CC.CC.CC.CC.CN1CCCc2ccccc21.Cn1cnc2ccccc21.c1ccc2c(c1)CCO2.c1ccc2c(c1)COCO2.c1ccc2c(c1)OCCO2.c1ccc2c(c1)OCO2.c1ccc2occc2c1.c1ccc2ocnc2c1.c1ccc2sccc2c1.c1ccc2scnc2c1. The second-order valence-electron chi connectivity index (χ2n) is 21.5. The van der Waals surface area contributed by atoms with Crippen LogP contribution in [0.3, 0.4) is 0 Å². The number of fused-ring (bicyclic) bond motifs is 10. The van der Waals surface area contributed by atoms with Crippen LogP contribution in [0.5, 0.6) is 34.5 Å². The molecular formula is C119H193N5O9S2. The van der Waals surface area contributed by atoms with E-state index in [1.807, 2.05) is 482 Å². The summed E-state index contributed by atoms with van der Waals surface area (Å²) in [6, 6.07) is 84.4. The van der Waals surface area contributed by atoms with Crippen LogP contribution >= 0.6 is 22.7 Å². The van der Waals surface area contributed by atoms with Gasteiger partial charge in [-0.15, -0.1) is 22.7 Å². The molecule has 0 saturated heterocycles. The molecule has 5 aromatic heterocycles. The first-order chi connectivity index (χ1) is 67.0. The van der Waals surface area contributed by atoms with Gasteiger partial charge in [-0.25, -0.2) is 15.0 Å². The normalized spacial score (nSPS) is 9.87. The lowest BCUT2D eigenvalue weighted by molar-refractivity contribution is -0.0163. The zero-order valence-corrected chi connectivity index (χ0v) is 94.6. The highest BCUT2D eigenvalue weighted by Gasteiger charge is 2.13. The monoisotopic (exact) mass is 1900 g/mol. The summed E-state index contributed by atoms with van der Waals surface area (Å²) in [7, 11) is 4.16. The second-order valence-corrected chi connectivity index (χ2v) is 23.3. The van der Waals surface area contributed by atoms with Crippen molar-refractivity contribution in [2.24, 2.45) is 7.05 Å². The van der Waals surface area contributed by atoms with Crippen LogP contribution in [-0.2, 0) is 31.2 Å². The first-order valence-corrected chi connectivity index (χ1v) is 53.0. The Bertz CT molecular complexity index is 4160. The average molecular weight is 1900 g/mol. The third-order valence-corrected chi connectivity index (χ3v) is 16.7. The van der Waals surface area contributed by atoms with E-state index >= 15 is 0 Å². The maximum Gasteiger partial charge on any atom is 0.231 e. The van der Waals surface area contributed by atoms with Crippen molar-refractivity contribution in [1.29, 1.82) is 0 Å². The van der Waals surface area contributed by atoms with Gasteiger partial charge in [0.25, 0.3) is 0 Å². The predicted molar refractivity (Wildman–Crippen MR) is 610 cm³/mol. The summed E-state index contributed by atoms with van der Waals surface area (Å²) in [5.41, 5.74) is 13.3. The van der Waals surface area contributed by atoms with E-state index in [0.29, 0.717) is 33.4 Å². The molecule has 0 atom stereocenters. The summed E-state index contributed by atoms with van der Waals surface area (Å²) < 4.78 is 51.1. The molecule has 0 N–H and O–H groups in total. The first-order valence-electron chi connectivity index (χ1n) is 51.2. The van der Waals surface area contributed by atoms with E-state index in [1.165, 1.54) is 62.9 Å². The number of aromatic nitrogens is 4. The zero-order valence-electron chi connectivity index (χ0n) is 92.9. The molecule has 15 aromatic rings. The van der Waals surface area contributed by atoms with E-state index in [1.54, 1.807) is 28.9 Å². The van der Waals surface area contributed by atoms with E-state index in [2.05, 4.69) is 105 Å². The molecule has 5 aliphatic heterocycles. The van der Waals surface area contributed by atoms with E-state index in [9.17, 15) is 0 Å². The smallest absolute Gasteiger partial charge is 0.231 e. The summed E-state index contributed by atoms with van der Waals surface area (Å²) in [6.45, 7) is 84.8. The lowest BCUT2D eigenvalue weighted by Gasteiger charge is -2.26. The maximum atomic E-state index is 5.30. The Morgan fingerprint density at radius 1 is 0.281 bits per heavy atom. The van der Waals surface area contributed by atoms with Gasteiger partial charge in [-0.05, 0) is 138 Å². The third kappa shape index (κ3) is 63.9. The number of thiazole rings is 1. The van der Waals surface area contributed by atoms with Crippen LogP contribution in [0, 0.1) is 0 Å². The number of rotatable bonds is 0. The minimum absolute atomic E-state index is 0.360. The van der Waals surface area contributed by atoms with Gasteiger partial charge in [0, 0.05) is 48.4 Å². The molecular weight excluding hydrogens is 1710 g/mol. The Hall–Kier alpha value is -10.9. The van der Waals surface area contributed by atoms with Crippen LogP contribution in [0.15, 0.2) is 293 Å². The van der Waals surface area contributed by atoms with Crippen LogP contribution < -0.4 is 33.3 Å². The molecule has 0 aliphatic carbocycles. The number of benzene rings is 10. The summed E-state index contributed by atoms with van der Waals surface area (Å²) in [5, 5.41) is 4.63. The van der Waals surface area contributed by atoms with Gasteiger partial charge in [0.1, 0.15) is 35.8 Å². The molecule has 0 bridgehead atoms. The number of nitrogens with zero attached hydrogens (tertiary/aromatic N) is 5. The van der Waals surface area contributed by atoms with E-state index in [0.717, 1.165) is 86.2 Å². The fraction of sp³-hybridized carbons (Fsp3) is 0.437. The van der Waals surface area contributed by atoms with Crippen LogP contribution in [0.1, 0.15) is 300 Å². The number of anilines is 1. The number of ether oxygens (including phenoxy) is 7. The number of thiophene rings is 1. The lowest BCUT2D eigenvalue weighted by atomic mass is 10.0. The van der Waals surface area contributed by atoms with Crippen molar-refractivity contribution in [1.82, 2.24) is 19.5 Å². The first kappa shape index (κ1) is 144. The van der Waals surface area contributed by atoms with Gasteiger partial charge in [0.15, 0.2) is 41.8 Å². The number of hydrogen-bond acceptors (Lipinski definition) is 15. The van der Waals surface area contributed by atoms with Crippen molar-refractivity contribution in [2.75, 3.05) is 51.9 Å². The van der Waals surface area contributed by atoms with Gasteiger partial charge >= 0.3 is 0 Å². The third-order valence-electron chi connectivity index (χ3n) is 15.0. The lowest BCUT2D eigenvalue weighted by Crippen LogP contribution is -2.24. The van der Waals surface area contributed by atoms with E-state index in [-0.39, 0.29) is 0 Å². The Balaban J connectivity index is -0.000000154. The minimum atomic E-state index is 0.360. The molecule has 16 heteroatoms. The van der Waals surface area contributed by atoms with Gasteiger partial charge in [0.2, 0.25) is 6.79 Å². The number of imidazole rings is 1. The van der Waals surface area contributed by atoms with Crippen molar-refractivity contribution in [3.05, 3.63) is 301 Å². The molecule has 10 heterocycles. The molecule has 10 aromatic carbocycles. The van der Waals surface area contributed by atoms with Crippen molar-refractivity contribution in [3.8, 4) is 34.5 Å². The molecule has 14 nitrogen and oxygen atoms in total. The molecule has 0 fully saturated rings. The van der Waals surface area contributed by atoms with Gasteiger partial charge in [0.05, 0.1) is 52.6 Å². The van der Waals surface area contributed by atoms with E-state index in [4.69, 9.17) is 42.0 Å². The fourth-order valence-electron chi connectivity index (χ4n) is 10.2. The fourth-order valence-corrected chi connectivity index (χ4v) is 11.7. The number of para-hydroxylation sites is 13. The number of aryl methyl sites for hydroxylation is 2. The minimum Gasteiger partial charge on any atom is -0.493 e. The van der Waals surface area contributed by atoms with Crippen LogP contribution in [0.2, 0.25) is 0 Å². The highest BCUT2D eigenvalue weighted by Crippen LogP contribution is 2.32. The second kappa shape index (κ2) is 115. The van der Waals surface area contributed by atoms with Crippen LogP contribution in [-0.4, -0.2) is 66.5 Å². The molecule has 0 unspecified atom stereocenters. The molecule has 135 heavy (non-hydrogen) atoms. The molecule has 760 valence electrons. The van der Waals surface area contributed by atoms with Crippen molar-refractivity contribution in [3.63, 3.8) is 0 Å². The molecule has 5 aliphatic rings. The summed E-state index contributed by atoms with van der Waals surface area (Å²) in [6.07, 6.45) is 8.60. The quantitative estimate of drug-likeness (QED) is 0.143. The number of oxazole rings is 1. The van der Waals surface area contributed by atoms with Crippen LogP contribution in [0.4, 0.5) is 5.69 Å². The Labute approximate surface area is 835 Å². The molecule has 0 spiro atoms. The van der Waals surface area contributed by atoms with Crippen LogP contribution in [0.25, 0.3) is 53.4 Å².